The minimum absolute atomic E-state index is 0.0102. The first-order valence-electron chi connectivity index (χ1n) is 11.7. The number of hydrogen-bond donors (Lipinski definition) is 0. The van der Waals surface area contributed by atoms with Gasteiger partial charge in [0.05, 0.1) is 0 Å². The molecule has 0 unspecified atom stereocenters. The van der Waals surface area contributed by atoms with Crippen molar-refractivity contribution in [2.45, 2.75) is 51.4 Å². The second kappa shape index (κ2) is 8.88. The first-order chi connectivity index (χ1) is 15.6. The normalized spacial score (nSPS) is 19.1. The lowest BCUT2D eigenvalue weighted by Crippen LogP contribution is -2.41. The van der Waals surface area contributed by atoms with Gasteiger partial charge < -0.3 is 9.64 Å². The van der Waals surface area contributed by atoms with Crippen LogP contribution in [0.1, 0.15) is 55.1 Å². The molecule has 32 heavy (non-hydrogen) atoms. The number of carbonyl (C=O) groups is 2. The fourth-order valence-electron chi connectivity index (χ4n) is 4.67. The van der Waals surface area contributed by atoms with Crippen LogP contribution in [0.4, 0.5) is 5.82 Å². The average molecular weight is 435 g/mol. The number of aryl methyl sites for hydroxylation is 1. The Morgan fingerprint density at radius 1 is 1.06 bits per heavy atom. The van der Waals surface area contributed by atoms with Gasteiger partial charge in [-0.2, -0.15) is 0 Å². The summed E-state index contributed by atoms with van der Waals surface area (Å²) in [7, 11) is 0. The molecule has 0 spiro atoms. The average Bonchev–Trinajstić information content (AvgIpc) is 3.64. The van der Waals surface area contributed by atoms with Crippen molar-refractivity contribution < 1.29 is 14.3 Å². The molecule has 2 aliphatic heterocycles. The van der Waals surface area contributed by atoms with Crippen LogP contribution in [0.2, 0.25) is 0 Å². The third kappa shape index (κ3) is 4.47. The Morgan fingerprint density at radius 2 is 1.81 bits per heavy atom. The number of amides is 2. The molecule has 5 rings (SSSR count). The molecule has 3 aliphatic rings. The molecule has 7 nitrogen and oxygen atoms in total. The zero-order valence-electron chi connectivity index (χ0n) is 18.6. The summed E-state index contributed by atoms with van der Waals surface area (Å²) in [5.74, 6) is 3.39. The predicted octanol–water partition coefficient (Wildman–Crippen LogP) is 3.26. The summed E-state index contributed by atoms with van der Waals surface area (Å²) in [5.41, 5.74) is 2.12. The summed E-state index contributed by atoms with van der Waals surface area (Å²) < 4.78 is 5.62. The van der Waals surface area contributed by atoms with Crippen molar-refractivity contribution >= 4 is 17.6 Å². The van der Waals surface area contributed by atoms with Crippen molar-refractivity contribution in [3.05, 3.63) is 47.4 Å². The van der Waals surface area contributed by atoms with E-state index >= 15 is 0 Å². The number of likely N-dealkylation sites (tertiary alicyclic amines) is 1. The Kier molecular flexibility index (Phi) is 5.81. The van der Waals surface area contributed by atoms with Crippen molar-refractivity contribution in [3.8, 4) is 5.75 Å². The van der Waals surface area contributed by atoms with Gasteiger partial charge in [-0.25, -0.2) is 9.97 Å². The lowest BCUT2D eigenvalue weighted by Gasteiger charge is -2.33. The van der Waals surface area contributed by atoms with E-state index in [9.17, 15) is 9.59 Å². The SMILES string of the molecule is Cc1nc(C2CCN(C(=O)COc3ccccc3)CC2)nc2c1CCC(=O)N2CC1CC1. The molecule has 1 saturated heterocycles. The van der Waals surface area contributed by atoms with Crippen LogP contribution in [0.25, 0.3) is 0 Å². The van der Waals surface area contributed by atoms with Crippen molar-refractivity contribution in [1.29, 1.82) is 0 Å². The Bertz CT molecular complexity index is 998. The minimum Gasteiger partial charge on any atom is -0.484 e. The quantitative estimate of drug-likeness (QED) is 0.698. The van der Waals surface area contributed by atoms with Crippen molar-refractivity contribution in [2.24, 2.45) is 5.92 Å². The largest absolute Gasteiger partial charge is 0.484 e. The predicted molar refractivity (Wildman–Crippen MR) is 121 cm³/mol. The van der Waals surface area contributed by atoms with E-state index in [1.54, 1.807) is 0 Å². The summed E-state index contributed by atoms with van der Waals surface area (Å²) in [6.45, 7) is 4.23. The number of rotatable bonds is 6. The smallest absolute Gasteiger partial charge is 0.260 e. The number of para-hydroxylation sites is 1. The van der Waals surface area contributed by atoms with Gasteiger partial charge in [0.15, 0.2) is 6.61 Å². The lowest BCUT2D eigenvalue weighted by atomic mass is 9.94. The number of piperidine rings is 1. The van der Waals surface area contributed by atoms with Gasteiger partial charge in [0.1, 0.15) is 17.4 Å². The van der Waals surface area contributed by atoms with Crippen LogP contribution >= 0.6 is 0 Å². The van der Waals surface area contributed by atoms with Gasteiger partial charge in [-0.1, -0.05) is 18.2 Å². The van der Waals surface area contributed by atoms with E-state index in [4.69, 9.17) is 14.7 Å². The van der Waals surface area contributed by atoms with Crippen LogP contribution in [0, 0.1) is 12.8 Å². The van der Waals surface area contributed by atoms with Crippen LogP contribution < -0.4 is 9.64 Å². The molecular formula is C25H30N4O3. The van der Waals surface area contributed by atoms with E-state index in [1.807, 2.05) is 47.1 Å². The summed E-state index contributed by atoms with van der Waals surface area (Å²) in [6, 6.07) is 9.42. The maximum absolute atomic E-state index is 12.6. The number of carbonyl (C=O) groups excluding carboxylic acids is 2. The monoisotopic (exact) mass is 434 g/mol. The van der Waals surface area contributed by atoms with E-state index in [2.05, 4.69) is 0 Å². The highest BCUT2D eigenvalue weighted by Crippen LogP contribution is 2.36. The molecule has 1 aliphatic carbocycles. The summed E-state index contributed by atoms with van der Waals surface area (Å²) >= 11 is 0. The Balaban J connectivity index is 1.23. The van der Waals surface area contributed by atoms with Gasteiger partial charge >= 0.3 is 0 Å². The van der Waals surface area contributed by atoms with Crippen LogP contribution in [0.15, 0.2) is 30.3 Å². The lowest BCUT2D eigenvalue weighted by molar-refractivity contribution is -0.134. The van der Waals surface area contributed by atoms with Gasteiger partial charge in [0, 0.05) is 43.2 Å². The number of benzene rings is 1. The van der Waals surface area contributed by atoms with Crippen LogP contribution in [-0.4, -0.2) is 52.9 Å². The third-order valence-electron chi connectivity index (χ3n) is 6.81. The van der Waals surface area contributed by atoms with Gasteiger partial charge in [0.25, 0.3) is 5.91 Å². The number of anilines is 1. The summed E-state index contributed by atoms with van der Waals surface area (Å²) in [4.78, 5) is 38.7. The number of ether oxygens (including phenoxy) is 1. The zero-order chi connectivity index (χ0) is 22.1. The first-order valence-corrected chi connectivity index (χ1v) is 11.7. The van der Waals surface area contributed by atoms with E-state index in [0.29, 0.717) is 31.2 Å². The minimum atomic E-state index is 0.0102. The number of aromatic nitrogens is 2. The van der Waals surface area contributed by atoms with Crippen LogP contribution in [-0.2, 0) is 16.0 Å². The molecule has 168 valence electrons. The van der Waals surface area contributed by atoms with Gasteiger partial charge in [-0.05, 0) is 57.1 Å². The van der Waals surface area contributed by atoms with Gasteiger partial charge in [-0.15, -0.1) is 0 Å². The second-order valence-corrected chi connectivity index (χ2v) is 9.17. The fourth-order valence-corrected chi connectivity index (χ4v) is 4.67. The molecule has 2 amide bonds. The highest BCUT2D eigenvalue weighted by atomic mass is 16.5. The van der Waals surface area contributed by atoms with Crippen LogP contribution in [0.3, 0.4) is 0 Å². The van der Waals surface area contributed by atoms with Crippen molar-refractivity contribution in [3.63, 3.8) is 0 Å². The number of hydrogen-bond acceptors (Lipinski definition) is 5. The number of fused-ring (bicyclic) bond motifs is 1. The maximum Gasteiger partial charge on any atom is 0.260 e. The summed E-state index contributed by atoms with van der Waals surface area (Å²) in [6.07, 6.45) is 5.34. The fraction of sp³-hybridized carbons (Fsp3) is 0.520. The topological polar surface area (TPSA) is 75.6 Å². The molecule has 2 aromatic rings. The van der Waals surface area contributed by atoms with E-state index in [-0.39, 0.29) is 24.3 Å². The van der Waals surface area contributed by atoms with Gasteiger partial charge in [0.2, 0.25) is 5.91 Å². The zero-order valence-corrected chi connectivity index (χ0v) is 18.6. The second-order valence-electron chi connectivity index (χ2n) is 9.17. The molecule has 2 fully saturated rings. The molecule has 0 radical (unpaired) electrons. The molecule has 3 heterocycles. The molecule has 1 aromatic carbocycles. The van der Waals surface area contributed by atoms with Crippen LogP contribution in [0.5, 0.6) is 5.75 Å². The number of nitrogens with zero attached hydrogens (tertiary/aromatic N) is 4. The summed E-state index contributed by atoms with van der Waals surface area (Å²) in [5, 5.41) is 0. The van der Waals surface area contributed by atoms with Gasteiger partial charge in [-0.3, -0.25) is 14.5 Å². The molecule has 0 atom stereocenters. The Hall–Kier alpha value is -2.96. The first kappa shape index (κ1) is 20.9. The van der Waals surface area contributed by atoms with E-state index in [1.165, 1.54) is 12.8 Å². The highest BCUT2D eigenvalue weighted by molar-refractivity contribution is 5.95. The molecule has 0 bridgehead atoms. The third-order valence-corrected chi connectivity index (χ3v) is 6.81. The van der Waals surface area contributed by atoms with E-state index < -0.39 is 0 Å². The van der Waals surface area contributed by atoms with Crippen molar-refractivity contribution in [2.75, 3.05) is 31.1 Å². The highest BCUT2D eigenvalue weighted by Gasteiger charge is 2.34. The Morgan fingerprint density at radius 3 is 2.53 bits per heavy atom. The maximum atomic E-state index is 12.6. The molecule has 1 saturated carbocycles. The molecular weight excluding hydrogens is 404 g/mol. The molecule has 0 N–H and O–H groups in total. The standard InChI is InChI=1S/C25H30N4O3/c1-17-21-9-10-22(30)29(15-18-7-8-18)25(21)27-24(26-17)19-11-13-28(14-12-19)23(31)16-32-20-5-3-2-4-6-20/h2-6,18-19H,7-16H2,1H3. The van der Waals surface area contributed by atoms with E-state index in [0.717, 1.165) is 48.7 Å². The molecule has 1 aromatic heterocycles. The van der Waals surface area contributed by atoms with Crippen molar-refractivity contribution in [1.82, 2.24) is 14.9 Å². The Labute approximate surface area is 188 Å². The molecule has 7 heteroatoms.